The molecule has 0 radical (unpaired) electrons. The minimum Gasteiger partial charge on any atom is -0.481 e. The first kappa shape index (κ1) is 27.7. The second-order valence-corrected chi connectivity index (χ2v) is 10.4. The molecule has 210 valence electrons. The van der Waals surface area contributed by atoms with E-state index in [2.05, 4.69) is 21.8 Å². The molecule has 3 atom stereocenters. The molecule has 0 spiro atoms. The Bertz CT molecular complexity index is 1330. The first-order chi connectivity index (χ1) is 19.2. The van der Waals surface area contributed by atoms with Gasteiger partial charge in [0.05, 0.1) is 0 Å². The van der Waals surface area contributed by atoms with Crippen molar-refractivity contribution < 1.29 is 32.6 Å². The maximum absolute atomic E-state index is 13.9. The Kier molecular flexibility index (Phi) is 8.12. The van der Waals surface area contributed by atoms with Crippen LogP contribution in [-0.4, -0.2) is 40.8 Å². The fraction of sp³-hybridized carbons (Fsp3) is 0.355. The number of carbonyl (C=O) groups excluding carboxylic acids is 1. The molecule has 0 unspecified atom stereocenters. The van der Waals surface area contributed by atoms with Gasteiger partial charge in [0.15, 0.2) is 0 Å². The van der Waals surface area contributed by atoms with Gasteiger partial charge in [0.1, 0.15) is 5.75 Å². The molecule has 1 fully saturated rings. The summed E-state index contributed by atoms with van der Waals surface area (Å²) >= 11 is 0. The first-order valence-corrected chi connectivity index (χ1v) is 13.5. The fourth-order valence-corrected chi connectivity index (χ4v) is 6.26. The number of amides is 1. The number of benzene rings is 3. The molecule has 3 aromatic carbocycles. The summed E-state index contributed by atoms with van der Waals surface area (Å²) in [4.78, 5) is 29.4. The lowest BCUT2D eigenvalue weighted by Crippen LogP contribution is -2.51. The van der Waals surface area contributed by atoms with Crippen LogP contribution in [0.15, 0.2) is 78.9 Å². The Morgan fingerprint density at radius 2 is 1.65 bits per heavy atom. The van der Waals surface area contributed by atoms with E-state index in [1.165, 1.54) is 12.1 Å². The number of fused-ring (bicyclic) bond motifs is 2. The SMILES string of the molecule is O=C(O)CCCN(Cc1ccccc1)[C@H]1c2ccccc2N(C(=O)c2ccc(OC(F)(F)F)cc2)[C@@H]2CCC[C@@H]21. The van der Waals surface area contributed by atoms with Crippen molar-refractivity contribution in [2.24, 2.45) is 5.92 Å². The van der Waals surface area contributed by atoms with E-state index in [1.807, 2.05) is 47.4 Å². The van der Waals surface area contributed by atoms with Crippen LogP contribution >= 0.6 is 0 Å². The highest BCUT2D eigenvalue weighted by Gasteiger charge is 2.47. The van der Waals surface area contributed by atoms with Crippen LogP contribution in [0.1, 0.15) is 59.6 Å². The third-order valence-corrected chi connectivity index (χ3v) is 7.80. The average Bonchev–Trinajstić information content (AvgIpc) is 3.40. The number of hydrogen-bond acceptors (Lipinski definition) is 4. The molecular formula is C31H31F3N2O4. The zero-order chi connectivity index (χ0) is 28.3. The summed E-state index contributed by atoms with van der Waals surface area (Å²) in [5.41, 5.74) is 3.20. The summed E-state index contributed by atoms with van der Waals surface area (Å²) < 4.78 is 41.9. The number of anilines is 1. The van der Waals surface area contributed by atoms with Crippen LogP contribution in [0, 0.1) is 5.92 Å². The van der Waals surface area contributed by atoms with Gasteiger partial charge in [0.2, 0.25) is 0 Å². The number of aliphatic carboxylic acids is 1. The zero-order valence-corrected chi connectivity index (χ0v) is 21.9. The molecule has 3 aromatic rings. The molecule has 2 aliphatic rings. The van der Waals surface area contributed by atoms with E-state index in [0.29, 0.717) is 19.5 Å². The van der Waals surface area contributed by atoms with Gasteiger partial charge in [-0.25, -0.2) is 0 Å². The molecule has 1 amide bonds. The number of alkyl halides is 3. The third kappa shape index (κ3) is 6.14. The Morgan fingerprint density at radius 1 is 0.950 bits per heavy atom. The lowest BCUT2D eigenvalue weighted by molar-refractivity contribution is -0.274. The summed E-state index contributed by atoms with van der Waals surface area (Å²) in [7, 11) is 0. The summed E-state index contributed by atoms with van der Waals surface area (Å²) in [5, 5.41) is 9.28. The topological polar surface area (TPSA) is 70.1 Å². The molecule has 1 aliphatic carbocycles. The standard InChI is InChI=1S/C31H31F3N2O4/c32-31(33,34)40-23-17-15-22(16-18-23)30(39)36-26-12-5-4-10-24(26)29(25-11-6-13-27(25)36)35(19-7-14-28(37)38)20-21-8-2-1-3-9-21/h1-5,8-10,12,15-18,25,27,29H,6-7,11,13-14,19-20H2,(H,37,38)/t25-,27+,29-/m0/s1. The lowest BCUT2D eigenvalue weighted by atomic mass is 9.81. The number of halogens is 3. The number of carboxylic acids is 1. The summed E-state index contributed by atoms with van der Waals surface area (Å²) in [6, 6.07) is 22.8. The number of nitrogens with zero attached hydrogens (tertiary/aromatic N) is 2. The Hall–Kier alpha value is -3.85. The Balaban J connectivity index is 1.49. The fourth-order valence-electron chi connectivity index (χ4n) is 6.26. The van der Waals surface area contributed by atoms with E-state index in [1.54, 1.807) is 0 Å². The van der Waals surface area contributed by atoms with Crippen molar-refractivity contribution in [3.05, 3.63) is 95.6 Å². The van der Waals surface area contributed by atoms with Gasteiger partial charge in [-0.3, -0.25) is 14.5 Å². The molecular weight excluding hydrogens is 521 g/mol. The van der Waals surface area contributed by atoms with Gasteiger partial charge in [-0.1, -0.05) is 55.0 Å². The summed E-state index contributed by atoms with van der Waals surface area (Å²) in [6.45, 7) is 1.25. The molecule has 1 saturated carbocycles. The van der Waals surface area contributed by atoms with Crippen LogP contribution in [0.2, 0.25) is 0 Å². The summed E-state index contributed by atoms with van der Waals surface area (Å²) in [6.07, 6.45) is -1.56. The molecule has 0 bridgehead atoms. The predicted octanol–water partition coefficient (Wildman–Crippen LogP) is 6.82. The van der Waals surface area contributed by atoms with Crippen LogP contribution in [0.4, 0.5) is 18.9 Å². The molecule has 9 heteroatoms. The highest BCUT2D eigenvalue weighted by molar-refractivity contribution is 6.07. The van der Waals surface area contributed by atoms with Gasteiger partial charge >= 0.3 is 12.3 Å². The predicted molar refractivity (Wildman–Crippen MR) is 144 cm³/mol. The Morgan fingerprint density at radius 3 is 2.35 bits per heavy atom. The molecule has 1 aliphatic heterocycles. The maximum atomic E-state index is 13.9. The van der Waals surface area contributed by atoms with Gasteiger partial charge in [0.25, 0.3) is 5.91 Å². The maximum Gasteiger partial charge on any atom is 0.573 e. The van der Waals surface area contributed by atoms with Crippen LogP contribution < -0.4 is 9.64 Å². The van der Waals surface area contributed by atoms with Crippen LogP contribution in [0.25, 0.3) is 0 Å². The van der Waals surface area contributed by atoms with Crippen molar-refractivity contribution >= 4 is 17.6 Å². The van der Waals surface area contributed by atoms with E-state index in [4.69, 9.17) is 0 Å². The number of para-hydroxylation sites is 1. The largest absolute Gasteiger partial charge is 0.573 e. The van der Waals surface area contributed by atoms with E-state index < -0.39 is 12.3 Å². The molecule has 1 heterocycles. The molecule has 1 N–H and O–H groups in total. The normalized spacial score (nSPS) is 20.2. The number of hydrogen-bond donors (Lipinski definition) is 1. The smallest absolute Gasteiger partial charge is 0.481 e. The van der Waals surface area contributed by atoms with Crippen molar-refractivity contribution in [1.82, 2.24) is 4.90 Å². The second kappa shape index (κ2) is 11.7. The van der Waals surface area contributed by atoms with Gasteiger partial charge in [-0.05, 0) is 73.2 Å². The van der Waals surface area contributed by atoms with Gasteiger partial charge in [-0.2, -0.15) is 0 Å². The highest BCUT2D eigenvalue weighted by Crippen LogP contribution is 2.51. The molecule has 0 saturated heterocycles. The van der Waals surface area contributed by atoms with Crippen molar-refractivity contribution in [2.75, 3.05) is 11.4 Å². The van der Waals surface area contributed by atoms with Crippen molar-refractivity contribution in [2.45, 2.75) is 57.1 Å². The van der Waals surface area contributed by atoms with Gasteiger partial charge in [-0.15, -0.1) is 13.2 Å². The van der Waals surface area contributed by atoms with Crippen molar-refractivity contribution in [3.63, 3.8) is 0 Å². The van der Waals surface area contributed by atoms with E-state index in [9.17, 15) is 27.9 Å². The van der Waals surface area contributed by atoms with Gasteiger partial charge in [0, 0.05) is 36.3 Å². The molecule has 0 aromatic heterocycles. The molecule has 6 nitrogen and oxygen atoms in total. The number of rotatable bonds is 9. The first-order valence-electron chi connectivity index (χ1n) is 13.5. The van der Waals surface area contributed by atoms with E-state index in [-0.39, 0.29) is 41.6 Å². The lowest BCUT2D eigenvalue weighted by Gasteiger charge is -2.48. The van der Waals surface area contributed by atoms with Crippen LogP contribution in [0.3, 0.4) is 0 Å². The van der Waals surface area contributed by atoms with Crippen molar-refractivity contribution in [1.29, 1.82) is 0 Å². The number of carbonyl (C=O) groups is 2. The van der Waals surface area contributed by atoms with E-state index >= 15 is 0 Å². The molecule has 40 heavy (non-hydrogen) atoms. The monoisotopic (exact) mass is 552 g/mol. The highest BCUT2D eigenvalue weighted by atomic mass is 19.4. The minimum atomic E-state index is -4.81. The third-order valence-electron chi connectivity index (χ3n) is 7.80. The Labute approximate surface area is 231 Å². The summed E-state index contributed by atoms with van der Waals surface area (Å²) in [5.74, 6) is -1.34. The van der Waals surface area contributed by atoms with E-state index in [0.717, 1.165) is 48.2 Å². The quantitative estimate of drug-likeness (QED) is 0.315. The van der Waals surface area contributed by atoms with Crippen LogP contribution in [0.5, 0.6) is 5.75 Å². The minimum absolute atomic E-state index is 0.00990. The van der Waals surface area contributed by atoms with Crippen molar-refractivity contribution in [3.8, 4) is 5.75 Å². The average molecular weight is 553 g/mol. The molecule has 5 rings (SSSR count). The zero-order valence-electron chi connectivity index (χ0n) is 21.9. The number of carboxylic acid groups (broad SMARTS) is 1. The van der Waals surface area contributed by atoms with Gasteiger partial charge < -0.3 is 14.7 Å². The van der Waals surface area contributed by atoms with Crippen LogP contribution in [-0.2, 0) is 11.3 Å². The number of ether oxygens (including phenoxy) is 1. The second-order valence-electron chi connectivity index (χ2n) is 10.4.